The Labute approximate surface area is 55.0 Å². The molecule has 0 fully saturated rings. The van der Waals surface area contributed by atoms with Gasteiger partial charge >= 0.3 is 0 Å². The maximum atomic E-state index is 8.28. The minimum absolute atomic E-state index is 0.181. The molecule has 0 aliphatic carbocycles. The van der Waals surface area contributed by atoms with Crippen molar-refractivity contribution in [3.8, 4) is 6.07 Å². The highest BCUT2D eigenvalue weighted by atomic mass is 16.5. The lowest BCUT2D eigenvalue weighted by Crippen LogP contribution is -2.01. The molecule has 0 radical (unpaired) electrons. The predicted octanol–water partition coefficient (Wildman–Crippen LogP) is 0.965. The van der Waals surface area contributed by atoms with Crippen molar-refractivity contribution in [1.29, 1.82) is 5.26 Å². The molecule has 0 saturated carbocycles. The molecule has 0 aromatic rings. The van der Waals surface area contributed by atoms with Gasteiger partial charge in [-0.05, 0) is 13.8 Å². The van der Waals surface area contributed by atoms with Crippen LogP contribution in [0.25, 0.3) is 0 Å². The summed E-state index contributed by atoms with van der Waals surface area (Å²) >= 11 is 0. The number of nitriles is 1. The fourth-order valence-electron chi connectivity index (χ4n) is 0.394. The van der Waals surface area contributed by atoms with Gasteiger partial charge in [-0.25, -0.2) is 4.99 Å². The Morgan fingerprint density at radius 1 is 1.67 bits per heavy atom. The molecular weight excluding hydrogens is 116 g/mol. The minimum Gasteiger partial charge on any atom is -0.470 e. The van der Waals surface area contributed by atoms with Crippen LogP contribution in [0, 0.1) is 11.3 Å². The summed E-state index contributed by atoms with van der Waals surface area (Å²) in [7, 11) is 0. The maximum absolute atomic E-state index is 8.28. The zero-order chi connectivity index (χ0) is 7.11. The number of nitrogens with zero attached hydrogens (tertiary/aromatic N) is 2. The van der Waals surface area contributed by atoms with Gasteiger partial charge in [0.2, 0.25) is 0 Å². The van der Waals surface area contributed by atoms with Gasteiger partial charge in [0.15, 0.2) is 6.07 Å². The van der Waals surface area contributed by atoms with E-state index < -0.39 is 0 Å². The second-order valence-corrected chi connectivity index (χ2v) is 1.32. The zero-order valence-electron chi connectivity index (χ0n) is 5.72. The lowest BCUT2D eigenvalue weighted by Gasteiger charge is -1.95. The van der Waals surface area contributed by atoms with Crippen molar-refractivity contribution in [2.75, 3.05) is 13.2 Å². The quantitative estimate of drug-likeness (QED) is 0.408. The third-order valence-corrected chi connectivity index (χ3v) is 0.678. The largest absolute Gasteiger partial charge is 0.470 e. The van der Waals surface area contributed by atoms with Gasteiger partial charge in [-0.3, -0.25) is 0 Å². The minimum atomic E-state index is 0.181. The van der Waals surface area contributed by atoms with Crippen LogP contribution in [0.2, 0.25) is 0 Å². The molecule has 0 N–H and O–H groups in total. The summed E-state index contributed by atoms with van der Waals surface area (Å²) in [5.41, 5.74) is 0. The molecule has 50 valence electrons. The van der Waals surface area contributed by atoms with E-state index in [1.165, 1.54) is 0 Å². The average Bonchev–Trinajstić information content (AvgIpc) is 1.88. The molecule has 9 heavy (non-hydrogen) atoms. The first-order chi connectivity index (χ1) is 4.35. The van der Waals surface area contributed by atoms with Crippen LogP contribution < -0.4 is 0 Å². The number of rotatable bonds is 2. The van der Waals surface area contributed by atoms with Crippen LogP contribution in [0.15, 0.2) is 4.99 Å². The van der Waals surface area contributed by atoms with Crippen LogP contribution in [0.3, 0.4) is 0 Å². The standard InChI is InChI=1S/C6H10N2O/c1-3-8-6(5-7)9-4-2/h3-4H2,1-2H3. The Hall–Kier alpha value is -1.04. The third-order valence-electron chi connectivity index (χ3n) is 0.678. The lowest BCUT2D eigenvalue weighted by molar-refractivity contribution is 0.330. The van der Waals surface area contributed by atoms with Crippen molar-refractivity contribution in [3.63, 3.8) is 0 Å². The maximum Gasteiger partial charge on any atom is 0.290 e. The smallest absolute Gasteiger partial charge is 0.290 e. The summed E-state index contributed by atoms with van der Waals surface area (Å²) in [4.78, 5) is 3.77. The molecule has 0 rings (SSSR count). The highest BCUT2D eigenvalue weighted by Gasteiger charge is 1.91. The van der Waals surface area contributed by atoms with Gasteiger partial charge in [0.1, 0.15) is 0 Å². The van der Waals surface area contributed by atoms with E-state index in [1.54, 1.807) is 0 Å². The molecule has 3 heteroatoms. The average molecular weight is 126 g/mol. The van der Waals surface area contributed by atoms with Gasteiger partial charge < -0.3 is 4.74 Å². The second kappa shape index (κ2) is 5.10. The highest BCUT2D eigenvalue weighted by Crippen LogP contribution is 1.80. The molecule has 3 nitrogen and oxygen atoms in total. The van der Waals surface area contributed by atoms with E-state index >= 15 is 0 Å². The van der Waals surface area contributed by atoms with E-state index in [4.69, 9.17) is 10.00 Å². The Balaban J connectivity index is 3.71. The first-order valence-corrected chi connectivity index (χ1v) is 2.92. The van der Waals surface area contributed by atoms with E-state index in [9.17, 15) is 0 Å². The number of ether oxygens (including phenoxy) is 1. The lowest BCUT2D eigenvalue weighted by atomic mass is 10.7. The zero-order valence-corrected chi connectivity index (χ0v) is 5.72. The molecule has 0 aliphatic rings. The second-order valence-electron chi connectivity index (χ2n) is 1.32. The normalized spacial score (nSPS) is 10.6. The number of hydrogen-bond donors (Lipinski definition) is 0. The molecule has 0 aliphatic heterocycles. The van der Waals surface area contributed by atoms with Gasteiger partial charge in [-0.15, -0.1) is 0 Å². The summed E-state index contributed by atoms with van der Waals surface area (Å²) in [6.45, 7) is 4.79. The van der Waals surface area contributed by atoms with Crippen LogP contribution in [-0.2, 0) is 4.74 Å². The molecule has 0 spiro atoms. The molecule has 0 saturated heterocycles. The molecule has 0 unspecified atom stereocenters. The summed E-state index contributed by atoms with van der Waals surface area (Å²) in [5, 5.41) is 8.28. The predicted molar refractivity (Wildman–Crippen MR) is 35.2 cm³/mol. The Morgan fingerprint density at radius 3 is 2.67 bits per heavy atom. The summed E-state index contributed by atoms with van der Waals surface area (Å²) in [5.74, 6) is 0.181. The summed E-state index contributed by atoms with van der Waals surface area (Å²) in [6, 6.07) is 1.83. The fraction of sp³-hybridized carbons (Fsp3) is 0.667. The molecule has 0 aromatic heterocycles. The SMILES string of the molecule is CCN=C(C#N)OCC. The van der Waals surface area contributed by atoms with Crippen LogP contribution in [0.1, 0.15) is 13.8 Å². The van der Waals surface area contributed by atoms with E-state index in [2.05, 4.69) is 4.99 Å². The molecule has 0 bridgehead atoms. The first-order valence-electron chi connectivity index (χ1n) is 2.92. The Bertz CT molecular complexity index is 134. The van der Waals surface area contributed by atoms with Crippen molar-refractivity contribution < 1.29 is 4.74 Å². The van der Waals surface area contributed by atoms with Crippen molar-refractivity contribution in [1.82, 2.24) is 0 Å². The molecule has 0 heterocycles. The van der Waals surface area contributed by atoms with E-state index in [-0.39, 0.29) is 5.90 Å². The van der Waals surface area contributed by atoms with Crippen LogP contribution >= 0.6 is 0 Å². The van der Waals surface area contributed by atoms with Gasteiger partial charge in [0.05, 0.1) is 6.61 Å². The summed E-state index contributed by atoms with van der Waals surface area (Å²) < 4.78 is 4.82. The third kappa shape index (κ3) is 3.53. The van der Waals surface area contributed by atoms with Crippen molar-refractivity contribution in [2.24, 2.45) is 4.99 Å². The van der Waals surface area contributed by atoms with Crippen molar-refractivity contribution in [3.05, 3.63) is 0 Å². The Kier molecular flexibility index (Phi) is 4.51. The van der Waals surface area contributed by atoms with Crippen LogP contribution in [0.4, 0.5) is 0 Å². The Morgan fingerprint density at radius 2 is 2.33 bits per heavy atom. The molecule has 0 atom stereocenters. The first kappa shape index (κ1) is 7.96. The van der Waals surface area contributed by atoms with E-state index in [1.807, 2.05) is 19.9 Å². The van der Waals surface area contributed by atoms with Crippen LogP contribution in [0.5, 0.6) is 0 Å². The van der Waals surface area contributed by atoms with Crippen molar-refractivity contribution >= 4 is 5.90 Å². The molecular formula is C6H10N2O. The van der Waals surface area contributed by atoms with Gasteiger partial charge in [0, 0.05) is 6.54 Å². The summed E-state index contributed by atoms with van der Waals surface area (Å²) in [6.07, 6.45) is 0. The number of aliphatic imine (C=N–C) groups is 1. The van der Waals surface area contributed by atoms with E-state index in [0.29, 0.717) is 13.2 Å². The van der Waals surface area contributed by atoms with E-state index in [0.717, 1.165) is 0 Å². The molecule has 0 aromatic carbocycles. The number of hydrogen-bond acceptors (Lipinski definition) is 3. The topological polar surface area (TPSA) is 45.4 Å². The van der Waals surface area contributed by atoms with Gasteiger partial charge in [-0.2, -0.15) is 5.26 Å². The van der Waals surface area contributed by atoms with Gasteiger partial charge in [-0.1, -0.05) is 0 Å². The molecule has 0 amide bonds. The highest BCUT2D eigenvalue weighted by molar-refractivity contribution is 5.91. The van der Waals surface area contributed by atoms with Crippen LogP contribution in [-0.4, -0.2) is 19.0 Å². The monoisotopic (exact) mass is 126 g/mol. The van der Waals surface area contributed by atoms with Gasteiger partial charge in [0.25, 0.3) is 5.90 Å². The fourth-order valence-corrected chi connectivity index (χ4v) is 0.394. The van der Waals surface area contributed by atoms with Crippen molar-refractivity contribution in [2.45, 2.75) is 13.8 Å².